The monoisotopic (exact) mass is 356 g/mol. The van der Waals surface area contributed by atoms with Gasteiger partial charge in [-0.3, -0.25) is 14.6 Å². The zero-order chi connectivity index (χ0) is 18.7. The van der Waals surface area contributed by atoms with E-state index in [2.05, 4.69) is 20.6 Å². The number of nitrogens with one attached hydrogen (secondary N) is 2. The van der Waals surface area contributed by atoms with E-state index in [1.54, 1.807) is 26.0 Å². The quantitative estimate of drug-likeness (QED) is 0.882. The van der Waals surface area contributed by atoms with E-state index in [4.69, 9.17) is 0 Å². The van der Waals surface area contributed by atoms with Crippen LogP contribution in [0.25, 0.3) is 0 Å². The van der Waals surface area contributed by atoms with E-state index in [1.165, 1.54) is 18.5 Å². The second kappa shape index (κ2) is 7.59. The fraction of sp³-hybridized carbons (Fsp3) is 0.368. The highest BCUT2D eigenvalue weighted by Gasteiger charge is 2.34. The van der Waals surface area contributed by atoms with E-state index in [0.29, 0.717) is 24.1 Å². The molecule has 1 aromatic heterocycles. The van der Waals surface area contributed by atoms with Crippen molar-refractivity contribution in [3.8, 4) is 0 Å². The summed E-state index contributed by atoms with van der Waals surface area (Å²) < 4.78 is 13.7. The molecule has 0 spiro atoms. The normalized spacial score (nSPS) is 19.2. The lowest BCUT2D eigenvalue weighted by molar-refractivity contribution is -0.120. The number of aromatic nitrogens is 2. The largest absolute Gasteiger partial charge is 0.347 e. The highest BCUT2D eigenvalue weighted by molar-refractivity contribution is 5.96. The molecule has 1 aromatic carbocycles. The van der Waals surface area contributed by atoms with Gasteiger partial charge < -0.3 is 10.6 Å². The van der Waals surface area contributed by atoms with Crippen molar-refractivity contribution in [2.45, 2.75) is 39.2 Å². The number of aryl methyl sites for hydroxylation is 1. The summed E-state index contributed by atoms with van der Waals surface area (Å²) >= 11 is 0. The average molecular weight is 356 g/mol. The number of anilines is 1. The predicted molar refractivity (Wildman–Crippen MR) is 95.1 cm³/mol. The first kappa shape index (κ1) is 18.0. The van der Waals surface area contributed by atoms with Gasteiger partial charge in [-0.2, -0.15) is 0 Å². The summed E-state index contributed by atoms with van der Waals surface area (Å²) in [6.07, 6.45) is 5.17. The van der Waals surface area contributed by atoms with Crippen LogP contribution in [0.4, 0.5) is 10.1 Å². The SMILES string of the molecule is Cc1cnc(C(=O)N[C@@H]2CCC[C@@H]2C(=O)Nc2cccc(F)c2C)cn1. The molecule has 136 valence electrons. The Morgan fingerprint density at radius 2 is 1.96 bits per heavy atom. The number of nitrogens with zero attached hydrogens (tertiary/aromatic N) is 2. The molecule has 6 nitrogen and oxygen atoms in total. The Morgan fingerprint density at radius 1 is 1.15 bits per heavy atom. The minimum Gasteiger partial charge on any atom is -0.347 e. The number of hydrogen-bond acceptors (Lipinski definition) is 4. The summed E-state index contributed by atoms with van der Waals surface area (Å²) in [7, 11) is 0. The third-order valence-corrected chi connectivity index (χ3v) is 4.71. The van der Waals surface area contributed by atoms with Gasteiger partial charge in [0.25, 0.3) is 5.91 Å². The summed E-state index contributed by atoms with van der Waals surface area (Å²) in [5, 5.41) is 5.67. The van der Waals surface area contributed by atoms with Crippen molar-refractivity contribution in [3.63, 3.8) is 0 Å². The number of halogens is 1. The molecular formula is C19H21FN4O2. The van der Waals surface area contributed by atoms with E-state index < -0.39 is 0 Å². The zero-order valence-corrected chi connectivity index (χ0v) is 14.8. The lowest BCUT2D eigenvalue weighted by atomic mass is 10.0. The smallest absolute Gasteiger partial charge is 0.271 e. The number of hydrogen-bond donors (Lipinski definition) is 2. The first-order chi connectivity index (χ1) is 12.5. The number of carbonyl (C=O) groups excluding carboxylic acids is 2. The molecule has 1 saturated carbocycles. The Bertz CT molecular complexity index is 823. The highest BCUT2D eigenvalue weighted by Crippen LogP contribution is 2.28. The molecule has 3 rings (SSSR count). The second-order valence-electron chi connectivity index (χ2n) is 6.56. The van der Waals surface area contributed by atoms with Gasteiger partial charge in [-0.25, -0.2) is 9.37 Å². The van der Waals surface area contributed by atoms with Crippen molar-refractivity contribution in [1.82, 2.24) is 15.3 Å². The van der Waals surface area contributed by atoms with Gasteiger partial charge in [0, 0.05) is 23.5 Å². The van der Waals surface area contributed by atoms with E-state index in [9.17, 15) is 14.0 Å². The van der Waals surface area contributed by atoms with Crippen molar-refractivity contribution in [2.75, 3.05) is 5.32 Å². The maximum atomic E-state index is 13.7. The molecule has 0 unspecified atom stereocenters. The fourth-order valence-corrected chi connectivity index (χ4v) is 3.17. The molecule has 1 fully saturated rings. The third kappa shape index (κ3) is 3.87. The van der Waals surface area contributed by atoms with E-state index in [-0.39, 0.29) is 35.3 Å². The topological polar surface area (TPSA) is 84.0 Å². The average Bonchev–Trinajstić information content (AvgIpc) is 3.07. The molecule has 0 bridgehead atoms. The van der Waals surface area contributed by atoms with Gasteiger partial charge in [-0.05, 0) is 38.8 Å². The molecule has 0 saturated heterocycles. The van der Waals surface area contributed by atoms with Crippen molar-refractivity contribution in [3.05, 3.63) is 53.4 Å². The minimum atomic E-state index is -0.364. The van der Waals surface area contributed by atoms with E-state index in [0.717, 1.165) is 12.1 Å². The molecule has 7 heteroatoms. The standard InChI is InChI=1S/C19H21FN4O2/c1-11-9-22-17(10-21-11)19(26)24-16-8-3-5-13(16)18(25)23-15-7-4-6-14(20)12(15)2/h4,6-7,9-10,13,16H,3,5,8H2,1-2H3,(H,23,25)(H,24,26)/t13-,16+/m0/s1. The van der Waals surface area contributed by atoms with Crippen molar-refractivity contribution >= 4 is 17.5 Å². The van der Waals surface area contributed by atoms with Crippen LogP contribution in [0.15, 0.2) is 30.6 Å². The molecule has 1 aliphatic rings. The lowest BCUT2D eigenvalue weighted by Crippen LogP contribution is -2.42. The Balaban J connectivity index is 1.67. The number of carbonyl (C=O) groups is 2. The van der Waals surface area contributed by atoms with E-state index >= 15 is 0 Å². The van der Waals surface area contributed by atoms with Crippen LogP contribution in [0.1, 0.15) is 41.0 Å². The van der Waals surface area contributed by atoms with Crippen LogP contribution in [0, 0.1) is 25.6 Å². The zero-order valence-electron chi connectivity index (χ0n) is 14.8. The third-order valence-electron chi connectivity index (χ3n) is 4.71. The molecule has 0 radical (unpaired) electrons. The van der Waals surface area contributed by atoms with Gasteiger partial charge in [-0.15, -0.1) is 0 Å². The van der Waals surface area contributed by atoms with Crippen LogP contribution in [-0.2, 0) is 4.79 Å². The summed E-state index contributed by atoms with van der Waals surface area (Å²) in [5.74, 6) is -1.28. The first-order valence-electron chi connectivity index (χ1n) is 8.61. The summed E-state index contributed by atoms with van der Waals surface area (Å²) in [5.41, 5.74) is 1.80. The molecular weight excluding hydrogens is 335 g/mol. The second-order valence-corrected chi connectivity index (χ2v) is 6.56. The molecule has 0 aliphatic heterocycles. The molecule has 2 atom stereocenters. The Kier molecular flexibility index (Phi) is 5.25. The summed E-state index contributed by atoms with van der Waals surface area (Å²) in [6, 6.07) is 4.30. The van der Waals surface area contributed by atoms with Gasteiger partial charge in [0.1, 0.15) is 11.5 Å². The Hall–Kier alpha value is -2.83. The summed E-state index contributed by atoms with van der Waals surface area (Å²) in [6.45, 7) is 3.41. The molecule has 2 aromatic rings. The lowest BCUT2D eigenvalue weighted by Gasteiger charge is -2.21. The van der Waals surface area contributed by atoms with Crippen LogP contribution in [-0.4, -0.2) is 27.8 Å². The van der Waals surface area contributed by atoms with Gasteiger partial charge >= 0.3 is 0 Å². The van der Waals surface area contributed by atoms with Crippen LogP contribution >= 0.6 is 0 Å². The first-order valence-corrected chi connectivity index (χ1v) is 8.61. The van der Waals surface area contributed by atoms with Crippen molar-refractivity contribution < 1.29 is 14.0 Å². The van der Waals surface area contributed by atoms with Gasteiger partial charge in [0.2, 0.25) is 5.91 Å². The Morgan fingerprint density at radius 3 is 2.69 bits per heavy atom. The van der Waals surface area contributed by atoms with Crippen LogP contribution in [0.2, 0.25) is 0 Å². The fourth-order valence-electron chi connectivity index (χ4n) is 3.17. The number of benzene rings is 1. The van der Waals surface area contributed by atoms with E-state index in [1.807, 2.05) is 0 Å². The molecule has 2 N–H and O–H groups in total. The Labute approximate surface area is 151 Å². The molecule has 1 heterocycles. The molecule has 1 aliphatic carbocycles. The molecule has 26 heavy (non-hydrogen) atoms. The van der Waals surface area contributed by atoms with Gasteiger partial charge in [0.15, 0.2) is 0 Å². The van der Waals surface area contributed by atoms with Gasteiger partial charge in [0.05, 0.1) is 17.8 Å². The van der Waals surface area contributed by atoms with Crippen LogP contribution < -0.4 is 10.6 Å². The molecule has 2 amide bonds. The maximum Gasteiger partial charge on any atom is 0.271 e. The minimum absolute atomic E-state index is 0.212. The van der Waals surface area contributed by atoms with Crippen LogP contribution in [0.5, 0.6) is 0 Å². The maximum absolute atomic E-state index is 13.7. The van der Waals surface area contributed by atoms with Crippen LogP contribution in [0.3, 0.4) is 0 Å². The highest BCUT2D eigenvalue weighted by atomic mass is 19.1. The van der Waals surface area contributed by atoms with Crippen molar-refractivity contribution in [1.29, 1.82) is 0 Å². The number of amides is 2. The number of rotatable bonds is 4. The predicted octanol–water partition coefficient (Wildman–Crippen LogP) is 2.77. The van der Waals surface area contributed by atoms with Crippen molar-refractivity contribution in [2.24, 2.45) is 5.92 Å². The summed E-state index contributed by atoms with van der Waals surface area (Å²) in [4.78, 5) is 33.1. The van der Waals surface area contributed by atoms with Gasteiger partial charge in [-0.1, -0.05) is 12.5 Å².